The van der Waals surface area contributed by atoms with Gasteiger partial charge in [-0.1, -0.05) is 18.2 Å². The van der Waals surface area contributed by atoms with Crippen molar-refractivity contribution in [1.82, 2.24) is 9.88 Å². The Bertz CT molecular complexity index is 573. The van der Waals surface area contributed by atoms with Crippen molar-refractivity contribution in [3.05, 3.63) is 65.7 Å². The standard InChI is InChI=1S/C17H19FN2O/c18-15-5-3-13(4-6-15)12-20-9-7-17(21)16(20)10-14-2-1-8-19-11-14/h1-6,8,11,16-17,21H,7,9-10,12H2/t16-,17+/m0/s1. The fraction of sp³-hybridized carbons (Fsp3) is 0.353. The van der Waals surface area contributed by atoms with Gasteiger partial charge in [0.1, 0.15) is 5.82 Å². The predicted octanol–water partition coefficient (Wildman–Crippen LogP) is 2.40. The molecule has 3 nitrogen and oxygen atoms in total. The second-order valence-corrected chi connectivity index (χ2v) is 5.59. The summed E-state index contributed by atoms with van der Waals surface area (Å²) in [5.41, 5.74) is 2.20. The first kappa shape index (κ1) is 14.2. The Morgan fingerprint density at radius 2 is 2.00 bits per heavy atom. The monoisotopic (exact) mass is 286 g/mol. The zero-order chi connectivity index (χ0) is 14.7. The van der Waals surface area contributed by atoms with Gasteiger partial charge in [-0.05, 0) is 42.2 Å². The van der Waals surface area contributed by atoms with E-state index in [4.69, 9.17) is 0 Å². The SMILES string of the molecule is O[C@@H]1CCN(Cc2ccc(F)cc2)[C@H]1Cc1cccnc1. The normalized spacial score (nSPS) is 22.6. The van der Waals surface area contributed by atoms with E-state index in [1.54, 1.807) is 18.3 Å². The summed E-state index contributed by atoms with van der Waals surface area (Å²) in [4.78, 5) is 6.40. The molecule has 1 aromatic heterocycles. The summed E-state index contributed by atoms with van der Waals surface area (Å²) in [5, 5.41) is 10.2. The number of halogens is 1. The first-order chi connectivity index (χ1) is 10.2. The van der Waals surface area contributed by atoms with Crippen LogP contribution in [0.3, 0.4) is 0 Å². The second-order valence-electron chi connectivity index (χ2n) is 5.59. The number of hydrogen-bond donors (Lipinski definition) is 1. The van der Waals surface area contributed by atoms with Crippen molar-refractivity contribution >= 4 is 0 Å². The number of nitrogens with zero attached hydrogens (tertiary/aromatic N) is 2. The van der Waals surface area contributed by atoms with Gasteiger partial charge in [-0.3, -0.25) is 9.88 Å². The van der Waals surface area contributed by atoms with Gasteiger partial charge in [0.2, 0.25) is 0 Å². The van der Waals surface area contributed by atoms with E-state index in [2.05, 4.69) is 9.88 Å². The lowest BCUT2D eigenvalue weighted by atomic mass is 10.0. The zero-order valence-corrected chi connectivity index (χ0v) is 11.8. The second kappa shape index (κ2) is 6.33. The molecule has 0 unspecified atom stereocenters. The highest BCUT2D eigenvalue weighted by molar-refractivity contribution is 5.17. The van der Waals surface area contributed by atoms with Crippen LogP contribution in [0.4, 0.5) is 4.39 Å². The van der Waals surface area contributed by atoms with E-state index in [0.717, 1.165) is 37.1 Å². The molecule has 0 bridgehead atoms. The van der Waals surface area contributed by atoms with Gasteiger partial charge in [-0.25, -0.2) is 4.39 Å². The van der Waals surface area contributed by atoms with Crippen molar-refractivity contribution in [3.63, 3.8) is 0 Å². The third-order valence-corrected chi connectivity index (χ3v) is 4.09. The average Bonchev–Trinajstić information content (AvgIpc) is 2.84. The number of benzene rings is 1. The summed E-state index contributed by atoms with van der Waals surface area (Å²) < 4.78 is 13.0. The molecule has 4 heteroatoms. The molecule has 0 spiro atoms. The molecule has 1 fully saturated rings. The minimum atomic E-state index is -0.314. The Labute approximate surface area is 124 Å². The summed E-state index contributed by atoms with van der Waals surface area (Å²) >= 11 is 0. The van der Waals surface area contributed by atoms with Crippen LogP contribution in [0.1, 0.15) is 17.5 Å². The van der Waals surface area contributed by atoms with Crippen LogP contribution < -0.4 is 0 Å². The molecule has 1 saturated heterocycles. The van der Waals surface area contributed by atoms with E-state index in [1.807, 2.05) is 18.3 Å². The maximum Gasteiger partial charge on any atom is 0.123 e. The first-order valence-electron chi connectivity index (χ1n) is 7.28. The van der Waals surface area contributed by atoms with Gasteiger partial charge in [-0.2, -0.15) is 0 Å². The molecule has 1 aliphatic heterocycles. The largest absolute Gasteiger partial charge is 0.391 e. The third-order valence-electron chi connectivity index (χ3n) is 4.09. The van der Waals surface area contributed by atoms with Crippen molar-refractivity contribution < 1.29 is 9.50 Å². The lowest BCUT2D eigenvalue weighted by Gasteiger charge is -2.26. The quantitative estimate of drug-likeness (QED) is 0.937. The smallest absolute Gasteiger partial charge is 0.123 e. The lowest BCUT2D eigenvalue weighted by molar-refractivity contribution is 0.112. The molecule has 21 heavy (non-hydrogen) atoms. The van der Waals surface area contributed by atoms with Crippen LogP contribution >= 0.6 is 0 Å². The van der Waals surface area contributed by atoms with E-state index >= 15 is 0 Å². The molecule has 1 aromatic carbocycles. The fourth-order valence-corrected chi connectivity index (χ4v) is 2.95. The van der Waals surface area contributed by atoms with Crippen LogP contribution in [0.2, 0.25) is 0 Å². The van der Waals surface area contributed by atoms with Crippen LogP contribution in [0.15, 0.2) is 48.8 Å². The summed E-state index contributed by atoms with van der Waals surface area (Å²) in [6.07, 6.45) is 4.86. The number of hydrogen-bond acceptors (Lipinski definition) is 3. The number of aliphatic hydroxyl groups excluding tert-OH is 1. The number of rotatable bonds is 4. The van der Waals surface area contributed by atoms with E-state index in [9.17, 15) is 9.50 Å². The van der Waals surface area contributed by atoms with Gasteiger partial charge in [0.15, 0.2) is 0 Å². The Balaban J connectivity index is 1.70. The molecular formula is C17H19FN2O. The van der Waals surface area contributed by atoms with E-state index in [1.165, 1.54) is 12.1 Å². The van der Waals surface area contributed by atoms with E-state index in [0.29, 0.717) is 0 Å². The maximum absolute atomic E-state index is 13.0. The predicted molar refractivity (Wildman–Crippen MR) is 79.2 cm³/mol. The zero-order valence-electron chi connectivity index (χ0n) is 11.8. The van der Waals surface area contributed by atoms with Gasteiger partial charge in [0.05, 0.1) is 6.10 Å². The highest BCUT2D eigenvalue weighted by atomic mass is 19.1. The molecule has 0 amide bonds. The molecule has 1 aliphatic rings. The molecule has 0 radical (unpaired) electrons. The van der Waals surface area contributed by atoms with Gasteiger partial charge < -0.3 is 5.11 Å². The number of pyridine rings is 1. The minimum Gasteiger partial charge on any atom is -0.391 e. The van der Waals surface area contributed by atoms with Gasteiger partial charge in [0.25, 0.3) is 0 Å². The van der Waals surface area contributed by atoms with E-state index in [-0.39, 0.29) is 18.0 Å². The summed E-state index contributed by atoms with van der Waals surface area (Å²) in [7, 11) is 0. The first-order valence-corrected chi connectivity index (χ1v) is 7.28. The Morgan fingerprint density at radius 3 is 2.71 bits per heavy atom. The van der Waals surface area contributed by atoms with Crippen molar-refractivity contribution in [2.24, 2.45) is 0 Å². The summed E-state index contributed by atoms with van der Waals surface area (Å²) in [6, 6.07) is 10.6. The molecule has 2 atom stereocenters. The molecule has 0 aliphatic carbocycles. The Kier molecular flexibility index (Phi) is 4.27. The number of aromatic nitrogens is 1. The van der Waals surface area contributed by atoms with Crippen LogP contribution in [0, 0.1) is 5.82 Å². The third kappa shape index (κ3) is 3.46. The highest BCUT2D eigenvalue weighted by Gasteiger charge is 2.32. The summed E-state index contributed by atoms with van der Waals surface area (Å²) in [5.74, 6) is -0.216. The van der Waals surface area contributed by atoms with Gasteiger partial charge >= 0.3 is 0 Å². The van der Waals surface area contributed by atoms with Crippen molar-refractivity contribution in [3.8, 4) is 0 Å². The summed E-state index contributed by atoms with van der Waals surface area (Å²) in [6.45, 7) is 1.60. The fourth-order valence-electron chi connectivity index (χ4n) is 2.95. The van der Waals surface area contributed by atoms with Gasteiger partial charge in [-0.15, -0.1) is 0 Å². The van der Waals surface area contributed by atoms with Gasteiger partial charge in [0, 0.05) is 31.5 Å². The lowest BCUT2D eigenvalue weighted by Crippen LogP contribution is -2.36. The number of likely N-dealkylation sites (tertiary alicyclic amines) is 1. The average molecular weight is 286 g/mol. The molecule has 1 N–H and O–H groups in total. The van der Waals surface area contributed by atoms with Crippen molar-refractivity contribution in [1.29, 1.82) is 0 Å². The van der Waals surface area contributed by atoms with Crippen molar-refractivity contribution in [2.45, 2.75) is 31.5 Å². The van der Waals surface area contributed by atoms with E-state index < -0.39 is 0 Å². The molecular weight excluding hydrogens is 267 g/mol. The topological polar surface area (TPSA) is 36.4 Å². The number of aliphatic hydroxyl groups is 1. The van der Waals surface area contributed by atoms with Crippen molar-refractivity contribution in [2.75, 3.05) is 6.54 Å². The maximum atomic E-state index is 13.0. The van der Waals surface area contributed by atoms with Crippen LogP contribution in [-0.2, 0) is 13.0 Å². The molecule has 2 aromatic rings. The Hall–Kier alpha value is -1.78. The molecule has 110 valence electrons. The van der Waals surface area contributed by atoms with Crippen LogP contribution in [0.5, 0.6) is 0 Å². The molecule has 3 rings (SSSR count). The Morgan fingerprint density at radius 1 is 1.19 bits per heavy atom. The molecule has 0 saturated carbocycles. The highest BCUT2D eigenvalue weighted by Crippen LogP contribution is 2.23. The van der Waals surface area contributed by atoms with Crippen LogP contribution in [-0.4, -0.2) is 33.7 Å². The molecule has 2 heterocycles. The minimum absolute atomic E-state index is 0.0965. The van der Waals surface area contributed by atoms with Crippen LogP contribution in [0.25, 0.3) is 0 Å².